The zero-order valence-corrected chi connectivity index (χ0v) is 10.6. The van der Waals surface area contributed by atoms with Gasteiger partial charge >= 0.3 is 6.09 Å². The van der Waals surface area contributed by atoms with Crippen LogP contribution in [0.4, 0.5) is 4.79 Å². The molecule has 0 radical (unpaired) electrons. The Morgan fingerprint density at radius 2 is 2.06 bits per heavy atom. The highest BCUT2D eigenvalue weighted by Gasteiger charge is 2.39. The van der Waals surface area contributed by atoms with Crippen LogP contribution in [0.2, 0.25) is 0 Å². The average molecular weight is 225 g/mol. The second-order valence-corrected chi connectivity index (χ2v) is 6.32. The number of hydrogen-bond acceptors (Lipinski definition) is 2. The second kappa shape index (κ2) is 4.27. The van der Waals surface area contributed by atoms with Crippen molar-refractivity contribution in [3.63, 3.8) is 0 Å². The van der Waals surface area contributed by atoms with Crippen molar-refractivity contribution in [1.82, 2.24) is 5.32 Å². The number of ether oxygens (including phenoxy) is 1. The molecule has 2 aliphatic rings. The van der Waals surface area contributed by atoms with E-state index in [2.05, 4.69) is 5.32 Å². The predicted molar refractivity (Wildman–Crippen MR) is 63.2 cm³/mol. The molecule has 2 bridgehead atoms. The molecule has 3 heteroatoms. The van der Waals surface area contributed by atoms with Crippen LogP contribution in [0.3, 0.4) is 0 Å². The monoisotopic (exact) mass is 225 g/mol. The summed E-state index contributed by atoms with van der Waals surface area (Å²) in [5.74, 6) is 2.50. The fourth-order valence-corrected chi connectivity index (χ4v) is 3.16. The van der Waals surface area contributed by atoms with E-state index in [9.17, 15) is 4.79 Å². The van der Waals surface area contributed by atoms with Crippen molar-refractivity contribution in [1.29, 1.82) is 0 Å². The van der Waals surface area contributed by atoms with Gasteiger partial charge in [0.25, 0.3) is 0 Å². The zero-order chi connectivity index (χ0) is 11.8. The Labute approximate surface area is 97.9 Å². The van der Waals surface area contributed by atoms with Gasteiger partial charge in [0.1, 0.15) is 5.60 Å². The molecule has 3 nitrogen and oxygen atoms in total. The molecule has 2 fully saturated rings. The standard InChI is InChI=1S/C13H23NO2/c1-13(2,3)16-12(15)14-8-11-7-9-4-5-10(11)6-9/h9-11H,4-8H2,1-3H3,(H,14,15)/t9-,10+,11?/m1/s1. The normalized spacial score (nSPS) is 32.8. The maximum absolute atomic E-state index is 11.5. The first-order valence-electron chi connectivity index (χ1n) is 6.41. The smallest absolute Gasteiger partial charge is 0.407 e. The third kappa shape index (κ3) is 2.89. The Balaban J connectivity index is 1.70. The summed E-state index contributed by atoms with van der Waals surface area (Å²) in [5.41, 5.74) is -0.390. The molecule has 3 atom stereocenters. The summed E-state index contributed by atoms with van der Waals surface area (Å²) in [5, 5.41) is 2.90. The molecule has 0 heterocycles. The van der Waals surface area contributed by atoms with Gasteiger partial charge in [0, 0.05) is 6.54 Å². The van der Waals surface area contributed by atoms with E-state index in [-0.39, 0.29) is 6.09 Å². The first-order valence-corrected chi connectivity index (χ1v) is 6.41. The lowest BCUT2D eigenvalue weighted by atomic mass is 9.89. The highest BCUT2D eigenvalue weighted by molar-refractivity contribution is 5.67. The van der Waals surface area contributed by atoms with Gasteiger partial charge in [-0.2, -0.15) is 0 Å². The zero-order valence-electron chi connectivity index (χ0n) is 10.6. The molecule has 0 aromatic heterocycles. The largest absolute Gasteiger partial charge is 0.444 e. The fraction of sp³-hybridized carbons (Fsp3) is 0.923. The third-order valence-corrected chi connectivity index (χ3v) is 3.79. The van der Waals surface area contributed by atoms with Crippen molar-refractivity contribution < 1.29 is 9.53 Å². The quantitative estimate of drug-likeness (QED) is 0.784. The number of hydrogen-bond donors (Lipinski definition) is 1. The van der Waals surface area contributed by atoms with E-state index in [4.69, 9.17) is 4.74 Å². The molecule has 2 saturated carbocycles. The molecular formula is C13H23NO2. The van der Waals surface area contributed by atoms with Crippen LogP contribution in [0.5, 0.6) is 0 Å². The molecule has 2 aliphatic carbocycles. The van der Waals surface area contributed by atoms with Gasteiger partial charge in [-0.25, -0.2) is 4.79 Å². The van der Waals surface area contributed by atoms with Crippen molar-refractivity contribution in [2.24, 2.45) is 17.8 Å². The molecule has 1 unspecified atom stereocenters. The van der Waals surface area contributed by atoms with Gasteiger partial charge in [-0.15, -0.1) is 0 Å². The first-order chi connectivity index (χ1) is 7.44. The van der Waals surface area contributed by atoms with Crippen LogP contribution in [-0.2, 0) is 4.74 Å². The summed E-state index contributed by atoms with van der Waals surface area (Å²) >= 11 is 0. The highest BCUT2D eigenvalue weighted by Crippen LogP contribution is 2.47. The van der Waals surface area contributed by atoms with Gasteiger partial charge in [0.2, 0.25) is 0 Å². The summed E-state index contributed by atoms with van der Waals surface area (Å²) < 4.78 is 5.23. The van der Waals surface area contributed by atoms with Crippen molar-refractivity contribution in [2.45, 2.75) is 52.1 Å². The minimum absolute atomic E-state index is 0.268. The fourth-order valence-electron chi connectivity index (χ4n) is 3.16. The molecule has 92 valence electrons. The number of amides is 1. The van der Waals surface area contributed by atoms with E-state index in [1.54, 1.807) is 0 Å². The Morgan fingerprint density at radius 1 is 1.31 bits per heavy atom. The summed E-state index contributed by atoms with van der Waals surface area (Å²) in [6, 6.07) is 0. The SMILES string of the molecule is CC(C)(C)OC(=O)NCC1C[C@@H]2CC[C@H]1C2. The number of rotatable bonds is 2. The molecule has 0 aromatic rings. The molecule has 16 heavy (non-hydrogen) atoms. The number of nitrogens with one attached hydrogen (secondary N) is 1. The van der Waals surface area contributed by atoms with Gasteiger partial charge in [0.15, 0.2) is 0 Å². The van der Waals surface area contributed by atoms with Crippen LogP contribution in [0.1, 0.15) is 46.5 Å². The van der Waals surface area contributed by atoms with E-state index < -0.39 is 5.60 Å². The summed E-state index contributed by atoms with van der Waals surface area (Å²) in [7, 11) is 0. The Bertz CT molecular complexity index is 270. The van der Waals surface area contributed by atoms with Crippen molar-refractivity contribution in [2.75, 3.05) is 6.54 Å². The van der Waals surface area contributed by atoms with Gasteiger partial charge in [-0.05, 0) is 57.8 Å². The molecule has 0 aliphatic heterocycles. The highest BCUT2D eigenvalue weighted by atomic mass is 16.6. The minimum Gasteiger partial charge on any atom is -0.444 e. The van der Waals surface area contributed by atoms with Crippen molar-refractivity contribution >= 4 is 6.09 Å². The minimum atomic E-state index is -0.390. The molecular weight excluding hydrogens is 202 g/mol. The van der Waals surface area contributed by atoms with E-state index in [1.165, 1.54) is 25.7 Å². The molecule has 0 saturated heterocycles. The van der Waals surface area contributed by atoms with Crippen molar-refractivity contribution in [3.8, 4) is 0 Å². The number of fused-ring (bicyclic) bond motifs is 2. The number of alkyl carbamates (subject to hydrolysis) is 1. The first kappa shape index (κ1) is 11.7. The van der Waals surface area contributed by atoms with E-state index in [0.29, 0.717) is 5.92 Å². The lowest BCUT2D eigenvalue weighted by Gasteiger charge is -2.24. The van der Waals surface area contributed by atoms with Gasteiger partial charge < -0.3 is 10.1 Å². The van der Waals surface area contributed by atoms with E-state index >= 15 is 0 Å². The summed E-state index contributed by atoms with van der Waals surface area (Å²) in [6.07, 6.45) is 5.20. The van der Waals surface area contributed by atoms with Gasteiger partial charge in [-0.3, -0.25) is 0 Å². The topological polar surface area (TPSA) is 38.3 Å². The van der Waals surface area contributed by atoms with E-state index in [1.807, 2.05) is 20.8 Å². The Kier molecular flexibility index (Phi) is 3.13. The molecule has 0 aromatic carbocycles. The molecule has 1 amide bonds. The maximum Gasteiger partial charge on any atom is 0.407 e. The lowest BCUT2D eigenvalue weighted by Crippen LogP contribution is -2.36. The second-order valence-electron chi connectivity index (χ2n) is 6.32. The van der Waals surface area contributed by atoms with Gasteiger partial charge in [-0.1, -0.05) is 6.42 Å². The van der Waals surface area contributed by atoms with Crippen LogP contribution in [0.25, 0.3) is 0 Å². The number of carbonyl (C=O) groups is 1. The van der Waals surface area contributed by atoms with Crippen LogP contribution in [0, 0.1) is 17.8 Å². The molecule has 1 N–H and O–H groups in total. The third-order valence-electron chi connectivity index (χ3n) is 3.79. The van der Waals surface area contributed by atoms with Crippen LogP contribution in [-0.4, -0.2) is 18.2 Å². The van der Waals surface area contributed by atoms with Crippen molar-refractivity contribution in [3.05, 3.63) is 0 Å². The summed E-state index contributed by atoms with van der Waals surface area (Å²) in [4.78, 5) is 11.5. The van der Waals surface area contributed by atoms with E-state index in [0.717, 1.165) is 18.4 Å². The van der Waals surface area contributed by atoms with Crippen LogP contribution in [0.15, 0.2) is 0 Å². The van der Waals surface area contributed by atoms with Crippen LogP contribution < -0.4 is 5.32 Å². The molecule has 0 spiro atoms. The lowest BCUT2D eigenvalue weighted by molar-refractivity contribution is 0.0513. The maximum atomic E-state index is 11.5. The predicted octanol–water partition coefficient (Wildman–Crippen LogP) is 2.95. The van der Waals surface area contributed by atoms with Crippen LogP contribution >= 0.6 is 0 Å². The number of carbonyl (C=O) groups excluding carboxylic acids is 1. The average Bonchev–Trinajstić information content (AvgIpc) is 2.72. The van der Waals surface area contributed by atoms with Gasteiger partial charge in [0.05, 0.1) is 0 Å². The Hall–Kier alpha value is -0.730. The molecule has 2 rings (SSSR count). The summed E-state index contributed by atoms with van der Waals surface area (Å²) in [6.45, 7) is 6.48. The Morgan fingerprint density at radius 3 is 2.56 bits per heavy atom.